The van der Waals surface area contributed by atoms with E-state index in [2.05, 4.69) is 21.4 Å². The zero-order valence-corrected chi connectivity index (χ0v) is 12.9. The molecule has 1 aliphatic heterocycles. The van der Waals surface area contributed by atoms with Gasteiger partial charge in [-0.3, -0.25) is 4.90 Å². The van der Waals surface area contributed by atoms with E-state index in [1.54, 1.807) is 7.11 Å². The number of piperidine rings is 1. The summed E-state index contributed by atoms with van der Waals surface area (Å²) in [5, 5.41) is 0. The van der Waals surface area contributed by atoms with Gasteiger partial charge >= 0.3 is 0 Å². The maximum Gasteiger partial charge on any atom is 0.201 e. The van der Waals surface area contributed by atoms with Crippen molar-refractivity contribution in [2.75, 3.05) is 25.9 Å². The van der Waals surface area contributed by atoms with Crippen molar-refractivity contribution in [3.8, 4) is 5.75 Å². The number of nitrogens with two attached hydrogens (primary N) is 1. The lowest BCUT2D eigenvalue weighted by Gasteiger charge is -2.32. The van der Waals surface area contributed by atoms with E-state index >= 15 is 0 Å². The van der Waals surface area contributed by atoms with Crippen molar-refractivity contribution in [1.82, 2.24) is 14.5 Å². The van der Waals surface area contributed by atoms with E-state index in [4.69, 9.17) is 10.5 Å². The molecule has 2 aromatic rings. The first kappa shape index (κ1) is 14.2. The van der Waals surface area contributed by atoms with Crippen LogP contribution in [0.5, 0.6) is 5.75 Å². The van der Waals surface area contributed by atoms with E-state index in [1.165, 1.54) is 32.4 Å². The molecule has 0 aliphatic carbocycles. The number of nitrogens with zero attached hydrogens (tertiary/aromatic N) is 3. The highest BCUT2D eigenvalue weighted by molar-refractivity contribution is 5.79. The Bertz CT molecular complexity index is 616. The Labute approximate surface area is 125 Å². The van der Waals surface area contributed by atoms with Crippen LogP contribution in [0.3, 0.4) is 0 Å². The molecule has 0 spiro atoms. The topological polar surface area (TPSA) is 56.3 Å². The summed E-state index contributed by atoms with van der Waals surface area (Å²) in [5.74, 6) is 1.43. The van der Waals surface area contributed by atoms with Gasteiger partial charge in [-0.25, -0.2) is 4.98 Å². The number of hydrogen-bond donors (Lipinski definition) is 1. The van der Waals surface area contributed by atoms with Gasteiger partial charge in [0.1, 0.15) is 5.75 Å². The van der Waals surface area contributed by atoms with Crippen molar-refractivity contribution in [3.05, 3.63) is 18.2 Å². The first-order valence-electron chi connectivity index (χ1n) is 7.73. The van der Waals surface area contributed by atoms with Crippen molar-refractivity contribution in [2.24, 2.45) is 0 Å². The molecule has 1 saturated heterocycles. The predicted octanol–water partition coefficient (Wildman–Crippen LogP) is 2.50. The summed E-state index contributed by atoms with van der Waals surface area (Å²) in [5.41, 5.74) is 8.10. The Morgan fingerprint density at radius 2 is 2.05 bits per heavy atom. The molecular formula is C16H24N4O. The highest BCUT2D eigenvalue weighted by Gasteiger charge is 2.19. The van der Waals surface area contributed by atoms with Crippen LogP contribution in [0.2, 0.25) is 0 Å². The highest BCUT2D eigenvalue weighted by Crippen LogP contribution is 2.24. The summed E-state index contributed by atoms with van der Waals surface area (Å²) in [4.78, 5) is 7.00. The molecule has 5 heteroatoms. The highest BCUT2D eigenvalue weighted by atomic mass is 16.5. The number of rotatable bonds is 4. The third-order valence-electron chi connectivity index (χ3n) is 4.45. The second-order valence-electron chi connectivity index (χ2n) is 5.88. The fourth-order valence-corrected chi connectivity index (χ4v) is 3.18. The summed E-state index contributed by atoms with van der Waals surface area (Å²) in [6, 6.07) is 6.37. The van der Waals surface area contributed by atoms with E-state index in [0.29, 0.717) is 12.0 Å². The van der Waals surface area contributed by atoms with Gasteiger partial charge in [0, 0.05) is 18.7 Å². The molecule has 0 bridgehead atoms. The molecule has 114 valence electrons. The van der Waals surface area contributed by atoms with Gasteiger partial charge in [-0.15, -0.1) is 0 Å². The van der Waals surface area contributed by atoms with Crippen LogP contribution in [0.4, 0.5) is 5.95 Å². The van der Waals surface area contributed by atoms with Gasteiger partial charge < -0.3 is 15.0 Å². The molecule has 21 heavy (non-hydrogen) atoms. The van der Waals surface area contributed by atoms with E-state index in [9.17, 15) is 0 Å². The molecule has 2 heterocycles. The summed E-state index contributed by atoms with van der Waals surface area (Å²) >= 11 is 0. The maximum atomic E-state index is 6.12. The van der Waals surface area contributed by atoms with Crippen molar-refractivity contribution in [2.45, 2.75) is 38.8 Å². The van der Waals surface area contributed by atoms with E-state index in [1.807, 2.05) is 18.2 Å². The zero-order valence-electron chi connectivity index (χ0n) is 12.9. The van der Waals surface area contributed by atoms with Gasteiger partial charge in [0.05, 0.1) is 18.1 Å². The number of methoxy groups -OCH3 is 1. The Hall–Kier alpha value is -1.75. The number of anilines is 1. The van der Waals surface area contributed by atoms with Gasteiger partial charge in [0.25, 0.3) is 0 Å². The number of imidazole rings is 1. The smallest absolute Gasteiger partial charge is 0.201 e. The minimum Gasteiger partial charge on any atom is -0.497 e. The van der Waals surface area contributed by atoms with E-state index < -0.39 is 0 Å². The van der Waals surface area contributed by atoms with Crippen molar-refractivity contribution < 1.29 is 4.74 Å². The average Bonchev–Trinajstić information content (AvgIpc) is 2.83. The fourth-order valence-electron chi connectivity index (χ4n) is 3.18. The standard InChI is InChI=1S/C16H24N4O/c1-12(19-8-4-3-5-9-19)11-20-15-10-13(21-2)6-7-14(15)18-16(20)17/h6-7,10,12H,3-5,8-9,11H2,1-2H3,(H2,17,18). The number of fused-ring (bicyclic) bond motifs is 1. The number of aromatic nitrogens is 2. The second-order valence-corrected chi connectivity index (χ2v) is 5.88. The molecule has 1 aliphatic rings. The quantitative estimate of drug-likeness (QED) is 0.939. The molecule has 1 fully saturated rings. The van der Waals surface area contributed by atoms with Crippen molar-refractivity contribution >= 4 is 17.0 Å². The van der Waals surface area contributed by atoms with Gasteiger partial charge in [-0.05, 0) is 45.0 Å². The fraction of sp³-hybridized carbons (Fsp3) is 0.562. The molecule has 0 radical (unpaired) electrons. The van der Waals surface area contributed by atoms with E-state index in [0.717, 1.165) is 23.3 Å². The van der Waals surface area contributed by atoms with Gasteiger partial charge in [0.15, 0.2) is 0 Å². The lowest BCUT2D eigenvalue weighted by atomic mass is 10.1. The van der Waals surface area contributed by atoms with Crippen LogP contribution in [0.1, 0.15) is 26.2 Å². The lowest BCUT2D eigenvalue weighted by molar-refractivity contribution is 0.161. The number of likely N-dealkylation sites (tertiary alicyclic amines) is 1. The Morgan fingerprint density at radius 1 is 1.29 bits per heavy atom. The largest absolute Gasteiger partial charge is 0.497 e. The molecule has 1 atom stereocenters. The SMILES string of the molecule is COc1ccc2nc(N)n(CC(C)N3CCCCC3)c2c1. The van der Waals surface area contributed by atoms with Gasteiger partial charge in [0.2, 0.25) is 5.95 Å². The molecule has 1 aromatic heterocycles. The summed E-state index contributed by atoms with van der Waals surface area (Å²) in [6.45, 7) is 5.53. The Balaban J connectivity index is 1.86. The molecule has 1 aromatic carbocycles. The molecule has 3 rings (SSSR count). The van der Waals surface area contributed by atoms with Crippen molar-refractivity contribution in [1.29, 1.82) is 0 Å². The van der Waals surface area contributed by atoms with Crippen LogP contribution in [0.25, 0.3) is 11.0 Å². The number of benzene rings is 1. The van der Waals surface area contributed by atoms with Gasteiger partial charge in [-0.1, -0.05) is 6.42 Å². The number of hydrogen-bond acceptors (Lipinski definition) is 4. The minimum absolute atomic E-state index is 0.469. The summed E-state index contributed by atoms with van der Waals surface area (Å²) in [7, 11) is 1.68. The molecular weight excluding hydrogens is 264 g/mol. The summed E-state index contributed by atoms with van der Waals surface area (Å²) < 4.78 is 7.42. The lowest BCUT2D eigenvalue weighted by Crippen LogP contribution is -2.39. The van der Waals surface area contributed by atoms with Crippen LogP contribution in [0, 0.1) is 0 Å². The summed E-state index contributed by atoms with van der Waals surface area (Å²) in [6.07, 6.45) is 3.97. The van der Waals surface area contributed by atoms with Crippen molar-refractivity contribution in [3.63, 3.8) is 0 Å². The molecule has 0 saturated carbocycles. The third-order valence-corrected chi connectivity index (χ3v) is 4.45. The molecule has 2 N–H and O–H groups in total. The third kappa shape index (κ3) is 2.83. The van der Waals surface area contributed by atoms with Crippen LogP contribution < -0.4 is 10.5 Å². The molecule has 0 amide bonds. The van der Waals surface area contributed by atoms with Crippen LogP contribution >= 0.6 is 0 Å². The number of ether oxygens (including phenoxy) is 1. The first-order chi connectivity index (χ1) is 10.2. The van der Waals surface area contributed by atoms with Gasteiger partial charge in [-0.2, -0.15) is 0 Å². The predicted molar refractivity (Wildman–Crippen MR) is 85.6 cm³/mol. The first-order valence-corrected chi connectivity index (χ1v) is 7.73. The van der Waals surface area contributed by atoms with Crippen LogP contribution in [0.15, 0.2) is 18.2 Å². The second kappa shape index (κ2) is 5.93. The Morgan fingerprint density at radius 3 is 2.76 bits per heavy atom. The molecule has 5 nitrogen and oxygen atoms in total. The normalized spacial score (nSPS) is 18.0. The van der Waals surface area contributed by atoms with Crippen LogP contribution in [-0.2, 0) is 6.54 Å². The maximum absolute atomic E-state index is 6.12. The molecule has 1 unspecified atom stereocenters. The Kier molecular flexibility index (Phi) is 4.01. The number of nitrogen functional groups attached to an aromatic ring is 1. The zero-order chi connectivity index (χ0) is 14.8. The van der Waals surface area contributed by atoms with Crippen LogP contribution in [-0.4, -0.2) is 40.7 Å². The monoisotopic (exact) mass is 288 g/mol. The van der Waals surface area contributed by atoms with E-state index in [-0.39, 0.29) is 0 Å². The average molecular weight is 288 g/mol. The minimum atomic E-state index is 0.469.